The quantitative estimate of drug-likeness (QED) is 0.414. The third-order valence-electron chi connectivity index (χ3n) is 5.07. The van der Waals surface area contributed by atoms with Crippen molar-refractivity contribution in [3.05, 3.63) is 70.0 Å². The summed E-state index contributed by atoms with van der Waals surface area (Å²) in [5.41, 5.74) is 3.11. The van der Waals surface area contributed by atoms with Gasteiger partial charge in [0.05, 0.1) is 16.7 Å². The summed E-state index contributed by atoms with van der Waals surface area (Å²) < 4.78 is 1.72. The van der Waals surface area contributed by atoms with Crippen LogP contribution in [0.3, 0.4) is 0 Å². The Hall–Kier alpha value is -2.60. The maximum Gasteiger partial charge on any atom is 0.262 e. The third kappa shape index (κ3) is 5.72. The Morgan fingerprint density at radius 2 is 1.87 bits per heavy atom. The summed E-state index contributed by atoms with van der Waals surface area (Å²) in [5, 5.41) is 4.20. The molecule has 0 radical (unpaired) electrons. The van der Waals surface area contributed by atoms with Crippen molar-refractivity contribution in [3.63, 3.8) is 0 Å². The number of hydrogen-bond donors (Lipinski definition) is 1. The van der Waals surface area contributed by atoms with Gasteiger partial charge in [-0.3, -0.25) is 14.2 Å². The number of aryl methyl sites for hydroxylation is 1. The van der Waals surface area contributed by atoms with Crippen molar-refractivity contribution in [1.29, 1.82) is 0 Å². The number of para-hydroxylation sites is 1. The number of hydrogen-bond acceptors (Lipinski definition) is 4. The molecule has 2 aromatic carbocycles. The lowest BCUT2D eigenvalue weighted by molar-refractivity contribution is -0.118. The zero-order valence-electron chi connectivity index (χ0n) is 17.9. The predicted octanol–water partition coefficient (Wildman–Crippen LogP) is 4.20. The molecule has 0 aliphatic carbocycles. The smallest absolute Gasteiger partial charge is 0.262 e. The molecule has 30 heavy (non-hydrogen) atoms. The predicted molar refractivity (Wildman–Crippen MR) is 124 cm³/mol. The number of nitrogens with one attached hydrogen (secondary N) is 1. The zero-order valence-corrected chi connectivity index (χ0v) is 18.7. The van der Waals surface area contributed by atoms with Gasteiger partial charge in [0.15, 0.2) is 5.16 Å². The minimum Gasteiger partial charge on any atom is -0.355 e. The summed E-state index contributed by atoms with van der Waals surface area (Å²) >= 11 is 1.33. The van der Waals surface area contributed by atoms with Crippen molar-refractivity contribution in [2.45, 2.75) is 45.3 Å². The van der Waals surface area contributed by atoms with E-state index in [0.29, 0.717) is 35.1 Å². The first-order chi connectivity index (χ1) is 14.5. The summed E-state index contributed by atoms with van der Waals surface area (Å²) in [6, 6.07) is 15.6. The van der Waals surface area contributed by atoms with E-state index in [2.05, 4.69) is 43.2 Å². The first-order valence-corrected chi connectivity index (χ1v) is 11.4. The maximum atomic E-state index is 13.0. The number of nitrogens with zero attached hydrogens (tertiary/aromatic N) is 2. The van der Waals surface area contributed by atoms with Gasteiger partial charge >= 0.3 is 0 Å². The number of thioether (sulfide) groups is 1. The molecule has 1 aromatic heterocycles. The van der Waals surface area contributed by atoms with Crippen LogP contribution in [0.1, 0.15) is 31.4 Å². The Morgan fingerprint density at radius 1 is 1.13 bits per heavy atom. The Kier molecular flexibility index (Phi) is 7.69. The van der Waals surface area contributed by atoms with Crippen LogP contribution in [0.5, 0.6) is 0 Å². The lowest BCUT2D eigenvalue weighted by Gasteiger charge is -2.14. The second kappa shape index (κ2) is 10.4. The van der Waals surface area contributed by atoms with E-state index >= 15 is 0 Å². The highest BCUT2D eigenvalue weighted by Gasteiger charge is 2.13. The standard InChI is InChI=1S/C24H29N3O2S/c1-17(2)13-15-27-23(29)20-10-6-7-11-21(20)26-24(27)30-16-22(28)25-14-12-19-9-5-4-8-18(19)3/h4-11,17H,12-16H2,1-3H3,(H,25,28). The summed E-state index contributed by atoms with van der Waals surface area (Å²) in [4.78, 5) is 30.0. The number of benzene rings is 2. The molecule has 0 aliphatic heterocycles. The van der Waals surface area contributed by atoms with E-state index < -0.39 is 0 Å². The highest BCUT2D eigenvalue weighted by atomic mass is 32.2. The van der Waals surface area contributed by atoms with Crippen LogP contribution in [0.2, 0.25) is 0 Å². The monoisotopic (exact) mass is 423 g/mol. The summed E-state index contributed by atoms with van der Waals surface area (Å²) in [7, 11) is 0. The van der Waals surface area contributed by atoms with E-state index in [1.165, 1.54) is 22.9 Å². The molecule has 158 valence electrons. The topological polar surface area (TPSA) is 64.0 Å². The van der Waals surface area contributed by atoms with Crippen molar-refractivity contribution >= 4 is 28.6 Å². The van der Waals surface area contributed by atoms with Gasteiger partial charge in [-0.2, -0.15) is 0 Å². The minimum atomic E-state index is -0.0496. The molecule has 0 bridgehead atoms. The number of carbonyl (C=O) groups is 1. The molecule has 5 nitrogen and oxygen atoms in total. The van der Waals surface area contributed by atoms with Gasteiger partial charge in [-0.15, -0.1) is 0 Å². The average molecular weight is 424 g/mol. The molecular formula is C24H29N3O2S. The van der Waals surface area contributed by atoms with Crippen LogP contribution in [0.25, 0.3) is 10.9 Å². The van der Waals surface area contributed by atoms with Crippen molar-refractivity contribution < 1.29 is 4.79 Å². The van der Waals surface area contributed by atoms with Gasteiger partial charge < -0.3 is 5.32 Å². The van der Waals surface area contributed by atoms with Crippen LogP contribution >= 0.6 is 11.8 Å². The number of fused-ring (bicyclic) bond motifs is 1. The Labute approximate surface area is 181 Å². The highest BCUT2D eigenvalue weighted by molar-refractivity contribution is 7.99. The molecule has 1 amide bonds. The van der Waals surface area contributed by atoms with Gasteiger partial charge in [0.25, 0.3) is 5.56 Å². The molecule has 1 N–H and O–H groups in total. The van der Waals surface area contributed by atoms with Crippen LogP contribution < -0.4 is 10.9 Å². The van der Waals surface area contributed by atoms with Gasteiger partial charge in [-0.05, 0) is 48.9 Å². The lowest BCUT2D eigenvalue weighted by Crippen LogP contribution is -2.28. The van der Waals surface area contributed by atoms with Gasteiger partial charge in [-0.25, -0.2) is 4.98 Å². The number of amides is 1. The Balaban J connectivity index is 1.66. The van der Waals surface area contributed by atoms with Crippen molar-refractivity contribution in [2.24, 2.45) is 5.92 Å². The van der Waals surface area contributed by atoms with Gasteiger partial charge in [-0.1, -0.05) is 62.0 Å². The van der Waals surface area contributed by atoms with E-state index in [1.54, 1.807) is 4.57 Å². The van der Waals surface area contributed by atoms with Crippen molar-refractivity contribution in [2.75, 3.05) is 12.3 Å². The first kappa shape index (κ1) is 22.1. The second-order valence-corrected chi connectivity index (χ2v) is 8.81. The second-order valence-electron chi connectivity index (χ2n) is 7.87. The van der Waals surface area contributed by atoms with Crippen molar-refractivity contribution in [3.8, 4) is 0 Å². The zero-order chi connectivity index (χ0) is 21.5. The van der Waals surface area contributed by atoms with Crippen LogP contribution in [-0.4, -0.2) is 27.8 Å². The molecular weight excluding hydrogens is 394 g/mol. The maximum absolute atomic E-state index is 13.0. The number of aromatic nitrogens is 2. The first-order valence-electron chi connectivity index (χ1n) is 10.4. The number of rotatable bonds is 9. The summed E-state index contributed by atoms with van der Waals surface area (Å²) in [6.07, 6.45) is 1.69. The van der Waals surface area contributed by atoms with Crippen molar-refractivity contribution in [1.82, 2.24) is 14.9 Å². The molecule has 1 heterocycles. The lowest BCUT2D eigenvalue weighted by atomic mass is 10.1. The van der Waals surface area contributed by atoms with Gasteiger partial charge in [0.2, 0.25) is 5.91 Å². The molecule has 0 saturated heterocycles. The number of carbonyl (C=O) groups excluding carboxylic acids is 1. The summed E-state index contributed by atoms with van der Waals surface area (Å²) in [6.45, 7) is 7.54. The molecule has 0 atom stereocenters. The van der Waals surface area contributed by atoms with Crippen LogP contribution in [0, 0.1) is 12.8 Å². The minimum absolute atomic E-state index is 0.0382. The highest BCUT2D eigenvalue weighted by Crippen LogP contribution is 2.19. The van der Waals surface area contributed by atoms with E-state index in [0.717, 1.165) is 12.8 Å². The molecule has 0 aliphatic rings. The fraction of sp³-hybridized carbons (Fsp3) is 0.375. The fourth-order valence-electron chi connectivity index (χ4n) is 3.25. The molecule has 0 saturated carbocycles. The van der Waals surface area contributed by atoms with E-state index in [-0.39, 0.29) is 17.2 Å². The molecule has 0 fully saturated rings. The fourth-order valence-corrected chi connectivity index (χ4v) is 4.11. The van der Waals surface area contributed by atoms with E-state index in [1.807, 2.05) is 36.4 Å². The molecule has 0 unspecified atom stereocenters. The average Bonchev–Trinajstić information content (AvgIpc) is 2.73. The van der Waals surface area contributed by atoms with Gasteiger partial charge in [0, 0.05) is 13.1 Å². The summed E-state index contributed by atoms with van der Waals surface area (Å²) in [5.74, 6) is 0.664. The normalized spacial score (nSPS) is 11.2. The van der Waals surface area contributed by atoms with Crippen LogP contribution in [-0.2, 0) is 17.8 Å². The third-order valence-corrected chi connectivity index (χ3v) is 6.04. The van der Waals surface area contributed by atoms with Crippen LogP contribution in [0.15, 0.2) is 58.5 Å². The van der Waals surface area contributed by atoms with Gasteiger partial charge in [0.1, 0.15) is 0 Å². The SMILES string of the molecule is Cc1ccccc1CCNC(=O)CSc1nc2ccccc2c(=O)n1CCC(C)C. The molecule has 0 spiro atoms. The molecule has 3 rings (SSSR count). The molecule has 6 heteroatoms. The molecule has 3 aromatic rings. The Morgan fingerprint density at radius 3 is 2.63 bits per heavy atom. The van der Waals surface area contributed by atoms with E-state index in [9.17, 15) is 9.59 Å². The van der Waals surface area contributed by atoms with E-state index in [4.69, 9.17) is 0 Å². The Bertz CT molecular complexity index is 1080. The largest absolute Gasteiger partial charge is 0.355 e. The van der Waals surface area contributed by atoms with Crippen LogP contribution in [0.4, 0.5) is 0 Å².